The highest BCUT2D eigenvalue weighted by atomic mass is 16.6. The third kappa shape index (κ3) is 51.0. The third-order valence-corrected chi connectivity index (χ3v) is 12.5. The Morgan fingerprint density at radius 2 is 0.565 bits per heavy atom. The number of unbranched alkanes of at least 4 members (excludes halogenated alkanes) is 37. The quantitative estimate of drug-likeness (QED) is 0.0346. The van der Waals surface area contributed by atoms with Gasteiger partial charge >= 0.3 is 11.9 Å². The van der Waals surface area contributed by atoms with Crippen molar-refractivity contribution in [3.8, 4) is 0 Å². The number of hydrogen-bond acceptors (Lipinski definition) is 5. The molecule has 0 amide bonds. The smallest absolute Gasteiger partial charge is 0.305 e. The van der Waals surface area contributed by atoms with Crippen molar-refractivity contribution in [1.29, 1.82) is 0 Å². The van der Waals surface area contributed by atoms with E-state index < -0.39 is 6.10 Å². The zero-order valence-electron chi connectivity index (χ0n) is 42.2. The lowest BCUT2D eigenvalue weighted by Gasteiger charge is -2.18. The van der Waals surface area contributed by atoms with E-state index >= 15 is 0 Å². The highest BCUT2D eigenvalue weighted by molar-refractivity contribution is 5.69. The van der Waals surface area contributed by atoms with Crippen molar-refractivity contribution < 1.29 is 23.8 Å². The monoisotopic (exact) mass is 873 g/mol. The average molecular weight is 873 g/mol. The zero-order valence-corrected chi connectivity index (χ0v) is 42.2. The van der Waals surface area contributed by atoms with Crippen molar-refractivity contribution in [2.45, 2.75) is 309 Å². The van der Waals surface area contributed by atoms with Gasteiger partial charge in [-0.05, 0) is 70.6 Å². The third-order valence-electron chi connectivity index (χ3n) is 12.5. The van der Waals surface area contributed by atoms with E-state index in [1.54, 1.807) is 0 Å². The minimum absolute atomic E-state index is 0.158. The summed E-state index contributed by atoms with van der Waals surface area (Å²) >= 11 is 0. The van der Waals surface area contributed by atoms with Crippen molar-refractivity contribution in [2.75, 3.05) is 19.8 Å². The van der Waals surface area contributed by atoms with Gasteiger partial charge in [-0.25, -0.2) is 0 Å². The fourth-order valence-corrected chi connectivity index (χ4v) is 8.24. The van der Waals surface area contributed by atoms with Gasteiger partial charge in [0.15, 0.2) is 0 Å². The van der Waals surface area contributed by atoms with Crippen molar-refractivity contribution >= 4 is 11.9 Å². The number of hydrogen-bond donors (Lipinski definition) is 0. The summed E-state index contributed by atoms with van der Waals surface area (Å²) in [5.74, 6) is -0.332. The maximum absolute atomic E-state index is 12.6. The fraction of sp³-hybridized carbons (Fsp3) is 0.895. The second-order valence-corrected chi connectivity index (χ2v) is 18.8. The van der Waals surface area contributed by atoms with Crippen LogP contribution in [0.15, 0.2) is 24.3 Å². The Hall–Kier alpha value is -1.62. The molecule has 0 saturated heterocycles. The molecule has 0 bridgehead atoms. The zero-order chi connectivity index (χ0) is 44.9. The second kappa shape index (κ2) is 53.7. The van der Waals surface area contributed by atoms with Crippen LogP contribution in [0.3, 0.4) is 0 Å². The lowest BCUT2D eigenvalue weighted by Crippen LogP contribution is -2.29. The Morgan fingerprint density at radius 1 is 0.323 bits per heavy atom. The Morgan fingerprint density at radius 3 is 0.871 bits per heavy atom. The number of rotatable bonds is 52. The predicted octanol–water partition coefficient (Wildman–Crippen LogP) is 18.8. The molecule has 0 rings (SSSR count). The standard InChI is InChI=1S/C57H108O5/c1-4-7-10-13-16-19-22-25-28-31-34-37-40-43-46-49-52-60-55(53-61-56(58)50-47-44-41-38-35-32-29-26-23-20-17-14-11-8-5-2)54-62-57(59)51-48-45-42-39-36-33-30-27-24-21-18-15-12-9-6-3/h20,23,27,30,55H,4-19,21-22,24-26,28-29,31-54H2,1-3H3/b23-20-,30-27-/t55-/m0/s1. The first-order chi connectivity index (χ1) is 30.6. The molecule has 0 aliphatic rings. The summed E-state index contributed by atoms with van der Waals surface area (Å²) < 4.78 is 17.5. The molecule has 5 nitrogen and oxygen atoms in total. The predicted molar refractivity (Wildman–Crippen MR) is 270 cm³/mol. The first-order valence-electron chi connectivity index (χ1n) is 27.9. The molecule has 0 aliphatic heterocycles. The fourth-order valence-electron chi connectivity index (χ4n) is 8.24. The molecular formula is C57H108O5. The second-order valence-electron chi connectivity index (χ2n) is 18.8. The van der Waals surface area contributed by atoms with Gasteiger partial charge in [0.25, 0.3) is 0 Å². The van der Waals surface area contributed by atoms with Crippen LogP contribution in [-0.4, -0.2) is 37.9 Å². The number of carbonyl (C=O) groups excluding carboxylic acids is 2. The molecule has 0 saturated carbocycles. The Kier molecular flexibility index (Phi) is 52.3. The highest BCUT2D eigenvalue weighted by Crippen LogP contribution is 2.16. The summed E-state index contributed by atoms with van der Waals surface area (Å²) in [4.78, 5) is 25.2. The summed E-state index contributed by atoms with van der Waals surface area (Å²) in [6.45, 7) is 7.76. The lowest BCUT2D eigenvalue weighted by atomic mass is 10.0. The highest BCUT2D eigenvalue weighted by Gasteiger charge is 2.16. The molecular weight excluding hydrogens is 765 g/mol. The van der Waals surface area contributed by atoms with Crippen molar-refractivity contribution in [3.05, 3.63) is 24.3 Å². The van der Waals surface area contributed by atoms with Crippen LogP contribution in [0.25, 0.3) is 0 Å². The van der Waals surface area contributed by atoms with E-state index in [1.807, 2.05) is 0 Å². The van der Waals surface area contributed by atoms with Crippen molar-refractivity contribution in [3.63, 3.8) is 0 Å². The van der Waals surface area contributed by atoms with Gasteiger partial charge in [-0.3, -0.25) is 9.59 Å². The molecule has 62 heavy (non-hydrogen) atoms. The Bertz CT molecular complexity index is 943. The maximum atomic E-state index is 12.6. The molecule has 0 aromatic rings. The van der Waals surface area contributed by atoms with Gasteiger partial charge in [0.2, 0.25) is 0 Å². The first kappa shape index (κ1) is 60.4. The number of esters is 2. The molecule has 0 heterocycles. The van der Waals surface area contributed by atoms with Crippen LogP contribution in [0.1, 0.15) is 303 Å². The van der Waals surface area contributed by atoms with E-state index in [2.05, 4.69) is 45.1 Å². The number of allylic oxidation sites excluding steroid dienone is 4. The maximum Gasteiger partial charge on any atom is 0.305 e. The van der Waals surface area contributed by atoms with E-state index in [4.69, 9.17) is 14.2 Å². The van der Waals surface area contributed by atoms with E-state index in [9.17, 15) is 9.59 Å². The van der Waals surface area contributed by atoms with Crippen LogP contribution < -0.4 is 0 Å². The van der Waals surface area contributed by atoms with E-state index in [0.717, 1.165) is 44.9 Å². The molecule has 0 aliphatic carbocycles. The molecule has 0 radical (unpaired) electrons. The van der Waals surface area contributed by atoms with Gasteiger partial charge in [0, 0.05) is 19.4 Å². The molecule has 0 fully saturated rings. The SMILES string of the molecule is CCCCCC/C=C\CCCCCCCCCC(=O)OC[C@@H](COC(=O)CCCCCCC/C=C\CCCCCCCC)OCCCCCCCCCCCCCCCCCC. The van der Waals surface area contributed by atoms with Crippen LogP contribution >= 0.6 is 0 Å². The van der Waals surface area contributed by atoms with Gasteiger partial charge in [-0.15, -0.1) is 0 Å². The lowest BCUT2D eigenvalue weighted by molar-refractivity contribution is -0.155. The molecule has 0 aromatic heterocycles. The summed E-state index contributed by atoms with van der Waals surface area (Å²) in [5, 5.41) is 0. The minimum Gasteiger partial charge on any atom is -0.463 e. The van der Waals surface area contributed by atoms with Crippen LogP contribution in [0.2, 0.25) is 0 Å². The summed E-state index contributed by atoms with van der Waals surface area (Å²) in [6.07, 6.45) is 63.5. The average Bonchev–Trinajstić information content (AvgIpc) is 3.28. The van der Waals surface area contributed by atoms with Gasteiger partial charge < -0.3 is 14.2 Å². The van der Waals surface area contributed by atoms with Gasteiger partial charge in [-0.2, -0.15) is 0 Å². The minimum atomic E-state index is -0.399. The Balaban J connectivity index is 4.23. The summed E-state index contributed by atoms with van der Waals surface area (Å²) in [7, 11) is 0. The van der Waals surface area contributed by atoms with Crippen molar-refractivity contribution in [1.82, 2.24) is 0 Å². The van der Waals surface area contributed by atoms with Gasteiger partial charge in [0.05, 0.1) is 0 Å². The molecule has 0 spiro atoms. The van der Waals surface area contributed by atoms with E-state index in [-0.39, 0.29) is 25.2 Å². The van der Waals surface area contributed by atoms with Crippen LogP contribution in [0.4, 0.5) is 0 Å². The number of carbonyl (C=O) groups is 2. The molecule has 5 heteroatoms. The normalized spacial score (nSPS) is 12.2. The van der Waals surface area contributed by atoms with Crippen LogP contribution in [-0.2, 0) is 23.8 Å². The molecule has 1 atom stereocenters. The summed E-state index contributed by atoms with van der Waals surface area (Å²) in [5.41, 5.74) is 0. The topological polar surface area (TPSA) is 61.8 Å². The summed E-state index contributed by atoms with van der Waals surface area (Å²) in [6, 6.07) is 0. The molecule has 0 N–H and O–H groups in total. The molecule has 0 unspecified atom stereocenters. The number of ether oxygens (including phenoxy) is 3. The first-order valence-corrected chi connectivity index (χ1v) is 27.9. The van der Waals surface area contributed by atoms with E-state index in [0.29, 0.717) is 19.4 Å². The van der Waals surface area contributed by atoms with Crippen molar-refractivity contribution in [2.24, 2.45) is 0 Å². The van der Waals surface area contributed by atoms with Crippen LogP contribution in [0.5, 0.6) is 0 Å². The van der Waals surface area contributed by atoms with Gasteiger partial charge in [-0.1, -0.05) is 244 Å². The molecule has 366 valence electrons. The largest absolute Gasteiger partial charge is 0.463 e. The van der Waals surface area contributed by atoms with Gasteiger partial charge in [0.1, 0.15) is 19.3 Å². The Labute approximate surface area is 387 Å². The van der Waals surface area contributed by atoms with E-state index in [1.165, 1.54) is 225 Å². The van der Waals surface area contributed by atoms with Crippen LogP contribution in [0, 0.1) is 0 Å². The molecule has 0 aromatic carbocycles.